The van der Waals surface area contributed by atoms with Crippen molar-refractivity contribution < 1.29 is 66.1 Å². The van der Waals surface area contributed by atoms with E-state index < -0.39 is 11.9 Å². The topological polar surface area (TPSA) is 92.7 Å². The molecule has 0 bridgehead atoms. The predicted octanol–water partition coefficient (Wildman–Crippen LogP) is -1.62. The fourth-order valence-corrected chi connectivity index (χ4v) is 1.33. The number of nitrogens with zero attached hydrogens (tertiary/aromatic N) is 1. The van der Waals surface area contributed by atoms with Gasteiger partial charge in [-0.2, -0.15) is 0 Å². The number of hydrogen-bond acceptors (Lipinski definition) is 4. The van der Waals surface area contributed by atoms with Crippen molar-refractivity contribution >= 4 is 12.4 Å². The van der Waals surface area contributed by atoms with Gasteiger partial charge in [0.2, 0.25) is 6.41 Å². The average Bonchev–Trinajstić information content (AvgIpc) is 2.38. The first-order valence-corrected chi connectivity index (χ1v) is 6.20. The van der Waals surface area contributed by atoms with E-state index in [-0.39, 0.29) is 57.9 Å². The monoisotopic (exact) mass is 320 g/mol. The molecule has 0 fully saturated rings. The van der Waals surface area contributed by atoms with Crippen LogP contribution in [0.15, 0.2) is 24.3 Å². The number of nitrogens with one attached hydrogen (secondary N) is 1. The van der Waals surface area contributed by atoms with Crippen molar-refractivity contribution in [1.82, 2.24) is 10.4 Å². The van der Waals surface area contributed by atoms with Crippen molar-refractivity contribution in [3.63, 3.8) is 0 Å². The molecule has 2 N–H and O–H groups in total. The Bertz CT molecular complexity index is 410. The van der Waals surface area contributed by atoms with Gasteiger partial charge in [0, 0.05) is 6.54 Å². The van der Waals surface area contributed by atoms with Gasteiger partial charge in [0.1, 0.15) is 0 Å². The van der Waals surface area contributed by atoms with Gasteiger partial charge in [-0.25, -0.2) is 0 Å². The van der Waals surface area contributed by atoms with E-state index in [9.17, 15) is 14.8 Å². The summed E-state index contributed by atoms with van der Waals surface area (Å²) in [5.74, 6) is -1.51. The summed E-state index contributed by atoms with van der Waals surface area (Å²) in [5, 5.41) is 21.7. The molecule has 1 aromatic rings. The van der Waals surface area contributed by atoms with Gasteiger partial charge in [-0.15, -0.1) is 0 Å². The van der Waals surface area contributed by atoms with Crippen molar-refractivity contribution in [3.05, 3.63) is 40.6 Å². The van der Waals surface area contributed by atoms with Crippen LogP contribution in [0.4, 0.5) is 0 Å². The van der Waals surface area contributed by atoms with E-state index in [4.69, 9.17) is 5.11 Å². The Hall–Kier alpha value is -0.284. The zero-order chi connectivity index (χ0) is 15.5. The van der Waals surface area contributed by atoms with E-state index >= 15 is 0 Å². The van der Waals surface area contributed by atoms with Crippen molar-refractivity contribution in [2.45, 2.75) is 20.4 Å². The molecule has 112 valence electrons. The first-order valence-electron chi connectivity index (χ1n) is 6.20. The smallest absolute Gasteiger partial charge is 0.785 e. The summed E-state index contributed by atoms with van der Waals surface area (Å²) in [6, 6.07) is 8.07. The zero-order valence-electron chi connectivity index (χ0n) is 13.0. The van der Waals surface area contributed by atoms with Gasteiger partial charge >= 0.3 is 57.4 Å². The second-order valence-corrected chi connectivity index (χ2v) is 4.53. The number of amides is 1. The van der Waals surface area contributed by atoms with Crippen molar-refractivity contribution in [1.29, 1.82) is 0 Å². The second-order valence-electron chi connectivity index (χ2n) is 4.53. The van der Waals surface area contributed by atoms with Crippen molar-refractivity contribution in [2.24, 2.45) is 5.92 Å². The van der Waals surface area contributed by atoms with Crippen LogP contribution in [-0.4, -0.2) is 36.1 Å². The molecule has 1 rings (SSSR count). The van der Waals surface area contributed by atoms with Crippen LogP contribution in [-0.2, 0) is 16.1 Å². The molecule has 6 nitrogen and oxygen atoms in total. The maximum atomic E-state index is 10.2. The summed E-state index contributed by atoms with van der Waals surface area (Å²) in [6.45, 7) is 4.20. The standard InChI is InChI=1S/C9H11NO.C5H10NO3.K/c1-8-2-4-9(5-3-8)6-10-7-11;1-4(5(7)8)3-6(2)9;/h2-5,7H,6H2,1H3,(H,10,11);4H,3H2,1-2H3,(H,7,8);/q;-1;+1. The SMILES string of the molecule is CC(CN(C)[O-])C(=O)O.Cc1ccc(CNC=O)cc1.[K+]. The predicted molar refractivity (Wildman–Crippen MR) is 76.9 cm³/mol. The van der Waals surface area contributed by atoms with E-state index in [0.717, 1.165) is 5.56 Å². The molecule has 21 heavy (non-hydrogen) atoms. The van der Waals surface area contributed by atoms with E-state index in [0.29, 0.717) is 18.0 Å². The van der Waals surface area contributed by atoms with E-state index in [1.54, 1.807) is 0 Å². The van der Waals surface area contributed by atoms with Crippen LogP contribution in [0.25, 0.3) is 0 Å². The molecule has 1 unspecified atom stereocenters. The number of carbonyl (C=O) groups is 2. The molecule has 0 aromatic heterocycles. The molecule has 0 saturated heterocycles. The van der Waals surface area contributed by atoms with Crippen LogP contribution >= 0.6 is 0 Å². The van der Waals surface area contributed by atoms with Gasteiger partial charge < -0.3 is 20.7 Å². The normalized spacial score (nSPS) is 10.7. The number of benzene rings is 1. The Morgan fingerprint density at radius 1 is 1.43 bits per heavy atom. The van der Waals surface area contributed by atoms with Crippen molar-refractivity contribution in [3.8, 4) is 0 Å². The molecule has 0 aliphatic heterocycles. The Kier molecular flexibility index (Phi) is 14.7. The van der Waals surface area contributed by atoms with Gasteiger partial charge in [0.25, 0.3) is 0 Å². The largest absolute Gasteiger partial charge is 1.00 e. The minimum atomic E-state index is -0.933. The summed E-state index contributed by atoms with van der Waals surface area (Å²) in [4.78, 5) is 20.0. The molecule has 0 aliphatic carbocycles. The maximum Gasteiger partial charge on any atom is 1.00 e. The third-order valence-electron chi connectivity index (χ3n) is 2.46. The Morgan fingerprint density at radius 2 is 1.95 bits per heavy atom. The fraction of sp³-hybridized carbons (Fsp3) is 0.429. The quantitative estimate of drug-likeness (QED) is 0.373. The van der Waals surface area contributed by atoms with Crippen molar-refractivity contribution in [2.75, 3.05) is 13.6 Å². The number of carboxylic acid groups (broad SMARTS) is 1. The summed E-state index contributed by atoms with van der Waals surface area (Å²) >= 11 is 0. The first kappa shape index (κ1) is 23.0. The van der Waals surface area contributed by atoms with Crippen LogP contribution < -0.4 is 56.7 Å². The average molecular weight is 320 g/mol. The Balaban J connectivity index is 0. The van der Waals surface area contributed by atoms with Gasteiger partial charge in [-0.1, -0.05) is 36.8 Å². The summed E-state index contributed by atoms with van der Waals surface area (Å²) < 4.78 is 0. The van der Waals surface area contributed by atoms with Gasteiger partial charge in [0.05, 0.1) is 5.92 Å². The first-order chi connectivity index (χ1) is 9.36. The molecule has 0 radical (unpaired) electrons. The summed E-state index contributed by atoms with van der Waals surface area (Å²) in [5.41, 5.74) is 2.36. The van der Waals surface area contributed by atoms with E-state index in [1.165, 1.54) is 19.5 Å². The molecular formula is C14H21KN2O4. The van der Waals surface area contributed by atoms with E-state index in [2.05, 4.69) is 5.32 Å². The third-order valence-corrected chi connectivity index (χ3v) is 2.46. The molecule has 1 amide bonds. The Morgan fingerprint density at radius 3 is 2.29 bits per heavy atom. The van der Waals surface area contributed by atoms with Crippen LogP contribution in [0, 0.1) is 18.0 Å². The minimum absolute atomic E-state index is 0. The number of hydrogen-bond donors (Lipinski definition) is 2. The number of hydroxylamine groups is 2. The molecule has 1 aromatic carbocycles. The summed E-state index contributed by atoms with van der Waals surface area (Å²) in [6.07, 6.45) is 0.708. The molecule has 0 aliphatic rings. The number of aliphatic carboxylic acids is 1. The summed E-state index contributed by atoms with van der Waals surface area (Å²) in [7, 11) is 1.30. The molecular weight excluding hydrogens is 299 g/mol. The molecule has 0 heterocycles. The minimum Gasteiger partial charge on any atom is -0.785 e. The van der Waals surface area contributed by atoms with E-state index in [1.807, 2.05) is 31.2 Å². The molecule has 7 heteroatoms. The van der Waals surface area contributed by atoms with Gasteiger partial charge in [0.15, 0.2) is 0 Å². The third kappa shape index (κ3) is 13.1. The fourth-order valence-electron chi connectivity index (χ4n) is 1.33. The van der Waals surface area contributed by atoms with Gasteiger partial charge in [-0.3, -0.25) is 9.59 Å². The van der Waals surface area contributed by atoms with Crippen LogP contribution in [0.5, 0.6) is 0 Å². The number of aryl methyl sites for hydroxylation is 1. The van der Waals surface area contributed by atoms with Crippen LogP contribution in [0.3, 0.4) is 0 Å². The molecule has 1 atom stereocenters. The second kappa shape index (κ2) is 13.4. The maximum absolute atomic E-state index is 10.2. The number of carboxylic acids is 1. The molecule has 0 saturated carbocycles. The number of carbonyl (C=O) groups excluding carboxylic acids is 1. The molecule has 0 spiro atoms. The zero-order valence-corrected chi connectivity index (χ0v) is 16.1. The van der Waals surface area contributed by atoms with Gasteiger partial charge in [-0.05, 0) is 26.1 Å². The Labute approximate surface area is 167 Å². The van der Waals surface area contributed by atoms with Crippen LogP contribution in [0.2, 0.25) is 0 Å². The van der Waals surface area contributed by atoms with Crippen LogP contribution in [0.1, 0.15) is 18.1 Å². The number of rotatable bonds is 6.